The van der Waals surface area contributed by atoms with Gasteiger partial charge in [-0.3, -0.25) is 9.89 Å². The van der Waals surface area contributed by atoms with Crippen LogP contribution in [0.15, 0.2) is 18.2 Å². The second-order valence-electron chi connectivity index (χ2n) is 6.06. The Bertz CT molecular complexity index is 686. The topological polar surface area (TPSA) is 87.0 Å². The average molecular weight is 285 g/mol. The Balaban J connectivity index is 1.59. The van der Waals surface area contributed by atoms with Gasteiger partial charge in [0.2, 0.25) is 0 Å². The average Bonchev–Trinajstić information content (AvgIpc) is 2.94. The summed E-state index contributed by atoms with van der Waals surface area (Å²) in [6, 6.07) is 5.76. The van der Waals surface area contributed by atoms with Gasteiger partial charge in [0.1, 0.15) is 0 Å². The molecule has 0 unspecified atom stereocenters. The van der Waals surface area contributed by atoms with Crippen LogP contribution >= 0.6 is 0 Å². The van der Waals surface area contributed by atoms with Crippen LogP contribution in [0.25, 0.3) is 10.9 Å². The van der Waals surface area contributed by atoms with Crippen molar-refractivity contribution < 1.29 is 4.79 Å². The van der Waals surface area contributed by atoms with Crippen LogP contribution in [-0.4, -0.2) is 46.7 Å². The number of carbonyl (C=O) groups is 1. The van der Waals surface area contributed by atoms with Gasteiger partial charge in [-0.25, -0.2) is 0 Å². The zero-order chi connectivity index (χ0) is 14.4. The highest BCUT2D eigenvalue weighted by Crippen LogP contribution is 2.28. The number of piperidine rings is 3. The number of rotatable bonds is 2. The molecule has 2 aromatic rings. The van der Waals surface area contributed by atoms with Crippen LogP contribution in [0.2, 0.25) is 0 Å². The van der Waals surface area contributed by atoms with E-state index in [1.165, 1.54) is 12.8 Å². The van der Waals surface area contributed by atoms with Gasteiger partial charge in [-0.2, -0.15) is 5.10 Å². The number of anilines is 1. The van der Waals surface area contributed by atoms with E-state index in [0.717, 1.165) is 30.5 Å². The molecule has 3 aliphatic rings. The number of carbonyl (C=O) groups excluding carboxylic acids is 1. The molecule has 1 amide bonds. The van der Waals surface area contributed by atoms with Gasteiger partial charge in [-0.1, -0.05) is 6.07 Å². The summed E-state index contributed by atoms with van der Waals surface area (Å²) in [4.78, 5) is 15.0. The highest BCUT2D eigenvalue weighted by atomic mass is 16.2. The molecule has 1 atom stereocenters. The largest absolute Gasteiger partial charge is 0.398 e. The fourth-order valence-electron chi connectivity index (χ4n) is 3.63. The molecule has 0 saturated carbocycles. The van der Waals surface area contributed by atoms with E-state index in [2.05, 4.69) is 20.4 Å². The second kappa shape index (κ2) is 4.73. The van der Waals surface area contributed by atoms with Crippen LogP contribution in [0.3, 0.4) is 0 Å². The molecule has 3 saturated heterocycles. The fourth-order valence-corrected chi connectivity index (χ4v) is 3.63. The van der Waals surface area contributed by atoms with E-state index in [-0.39, 0.29) is 11.9 Å². The van der Waals surface area contributed by atoms with Crippen molar-refractivity contribution >= 4 is 22.5 Å². The number of hydrogen-bond donors (Lipinski definition) is 3. The lowest BCUT2D eigenvalue weighted by Crippen LogP contribution is -2.57. The molecule has 2 bridgehead atoms. The molecule has 6 nitrogen and oxygen atoms in total. The minimum absolute atomic E-state index is 0.127. The van der Waals surface area contributed by atoms with Crippen molar-refractivity contribution in [2.24, 2.45) is 5.92 Å². The van der Waals surface area contributed by atoms with Crippen LogP contribution in [0, 0.1) is 5.92 Å². The third-order valence-corrected chi connectivity index (χ3v) is 4.81. The van der Waals surface area contributed by atoms with Gasteiger partial charge < -0.3 is 16.0 Å². The molecular formula is C15H19N5O. The van der Waals surface area contributed by atoms with Crippen molar-refractivity contribution in [2.75, 3.05) is 25.4 Å². The van der Waals surface area contributed by atoms with Crippen LogP contribution in [0.5, 0.6) is 0 Å². The summed E-state index contributed by atoms with van der Waals surface area (Å²) in [5, 5.41) is 10.9. The van der Waals surface area contributed by atoms with Gasteiger partial charge in [0.05, 0.1) is 10.9 Å². The molecule has 3 fully saturated rings. The van der Waals surface area contributed by atoms with Gasteiger partial charge in [-0.15, -0.1) is 0 Å². The molecule has 1 aromatic heterocycles. The summed E-state index contributed by atoms with van der Waals surface area (Å²) < 4.78 is 0. The zero-order valence-corrected chi connectivity index (χ0v) is 11.8. The Morgan fingerprint density at radius 2 is 2.19 bits per heavy atom. The van der Waals surface area contributed by atoms with Crippen molar-refractivity contribution in [3.8, 4) is 0 Å². The Hall–Kier alpha value is -2.08. The van der Waals surface area contributed by atoms with E-state index in [9.17, 15) is 4.79 Å². The van der Waals surface area contributed by atoms with Gasteiger partial charge in [0.25, 0.3) is 5.91 Å². The standard InChI is InChI=1S/C15H19N5O/c16-10-2-1-3-11-13(10)14(19-18-11)15(21)17-12-8-20-6-4-9(12)5-7-20/h1-3,9,12H,4-8,16H2,(H,17,21)(H,18,19)/t12-/m1/s1. The number of nitrogen functional groups attached to an aromatic ring is 1. The molecule has 0 spiro atoms. The molecule has 5 rings (SSSR count). The number of H-pyrrole nitrogens is 1. The van der Waals surface area contributed by atoms with E-state index in [0.29, 0.717) is 17.3 Å². The molecule has 21 heavy (non-hydrogen) atoms. The molecular weight excluding hydrogens is 266 g/mol. The van der Waals surface area contributed by atoms with Crippen molar-refractivity contribution in [2.45, 2.75) is 18.9 Å². The Kier molecular flexibility index (Phi) is 2.85. The van der Waals surface area contributed by atoms with Gasteiger partial charge in [0, 0.05) is 18.3 Å². The quantitative estimate of drug-likeness (QED) is 0.718. The van der Waals surface area contributed by atoms with Gasteiger partial charge in [0.15, 0.2) is 5.69 Å². The fraction of sp³-hybridized carbons (Fsp3) is 0.467. The predicted octanol–water partition coefficient (Wildman–Crippen LogP) is 0.969. The summed E-state index contributed by atoms with van der Waals surface area (Å²) in [5.41, 5.74) is 7.77. The number of aromatic nitrogens is 2. The number of nitrogens with one attached hydrogen (secondary N) is 2. The molecule has 110 valence electrons. The molecule has 1 aromatic carbocycles. The first kappa shape index (κ1) is 12.6. The van der Waals surface area contributed by atoms with E-state index in [1.807, 2.05) is 12.1 Å². The smallest absolute Gasteiger partial charge is 0.272 e. The lowest BCUT2D eigenvalue weighted by Gasteiger charge is -2.44. The number of benzene rings is 1. The third-order valence-electron chi connectivity index (χ3n) is 4.81. The van der Waals surface area contributed by atoms with Crippen LogP contribution in [-0.2, 0) is 0 Å². The Labute approximate surface area is 122 Å². The van der Waals surface area contributed by atoms with Crippen LogP contribution < -0.4 is 11.1 Å². The van der Waals surface area contributed by atoms with Crippen LogP contribution in [0.1, 0.15) is 23.3 Å². The third kappa shape index (κ3) is 2.06. The first-order valence-corrected chi connectivity index (χ1v) is 7.48. The lowest BCUT2D eigenvalue weighted by molar-refractivity contribution is 0.0618. The minimum Gasteiger partial charge on any atom is -0.398 e. The zero-order valence-electron chi connectivity index (χ0n) is 11.8. The Morgan fingerprint density at radius 3 is 2.90 bits per heavy atom. The minimum atomic E-state index is -0.127. The van der Waals surface area contributed by atoms with E-state index < -0.39 is 0 Å². The monoisotopic (exact) mass is 285 g/mol. The first-order valence-electron chi connectivity index (χ1n) is 7.48. The predicted molar refractivity (Wildman–Crippen MR) is 80.9 cm³/mol. The molecule has 3 aliphatic heterocycles. The van der Waals surface area contributed by atoms with Crippen molar-refractivity contribution in [3.05, 3.63) is 23.9 Å². The number of nitrogens with zero attached hydrogens (tertiary/aromatic N) is 2. The van der Waals surface area contributed by atoms with Crippen molar-refractivity contribution in [3.63, 3.8) is 0 Å². The second-order valence-corrected chi connectivity index (χ2v) is 6.06. The normalized spacial score (nSPS) is 27.9. The lowest BCUT2D eigenvalue weighted by atomic mass is 9.84. The summed E-state index contributed by atoms with van der Waals surface area (Å²) >= 11 is 0. The van der Waals surface area contributed by atoms with Gasteiger partial charge in [-0.05, 0) is 44.0 Å². The molecule has 4 N–H and O–H groups in total. The number of hydrogen-bond acceptors (Lipinski definition) is 4. The molecule has 0 radical (unpaired) electrons. The summed E-state index contributed by atoms with van der Waals surface area (Å²) in [7, 11) is 0. The summed E-state index contributed by atoms with van der Waals surface area (Å²) in [6.45, 7) is 3.28. The van der Waals surface area contributed by atoms with E-state index in [4.69, 9.17) is 5.73 Å². The highest BCUT2D eigenvalue weighted by molar-refractivity contribution is 6.09. The van der Waals surface area contributed by atoms with E-state index >= 15 is 0 Å². The van der Waals surface area contributed by atoms with Crippen molar-refractivity contribution in [1.29, 1.82) is 0 Å². The molecule has 4 heterocycles. The number of nitrogens with two attached hydrogens (primary N) is 1. The van der Waals surface area contributed by atoms with E-state index in [1.54, 1.807) is 6.07 Å². The maximum absolute atomic E-state index is 12.5. The Morgan fingerprint density at radius 1 is 1.38 bits per heavy atom. The first-order chi connectivity index (χ1) is 10.2. The SMILES string of the molecule is Nc1cccc2[nH]nc(C(=O)N[C@@H]3CN4CCC3CC4)c12. The summed E-state index contributed by atoms with van der Waals surface area (Å²) in [5.74, 6) is 0.472. The maximum atomic E-state index is 12.5. The van der Waals surface area contributed by atoms with Crippen molar-refractivity contribution in [1.82, 2.24) is 20.4 Å². The summed E-state index contributed by atoms with van der Waals surface area (Å²) in [6.07, 6.45) is 2.35. The number of fused-ring (bicyclic) bond motifs is 4. The highest BCUT2D eigenvalue weighted by Gasteiger charge is 2.35. The van der Waals surface area contributed by atoms with Gasteiger partial charge >= 0.3 is 0 Å². The van der Waals surface area contributed by atoms with Crippen LogP contribution in [0.4, 0.5) is 5.69 Å². The number of aromatic amines is 1. The molecule has 0 aliphatic carbocycles. The maximum Gasteiger partial charge on any atom is 0.272 e. The number of amides is 1. The molecule has 6 heteroatoms.